The second-order valence-electron chi connectivity index (χ2n) is 2.20. The highest BCUT2D eigenvalue weighted by molar-refractivity contribution is 6.11. The van der Waals surface area contributed by atoms with E-state index < -0.39 is 12.1 Å². The van der Waals surface area contributed by atoms with E-state index in [1.54, 1.807) is 0 Å². The monoisotopic (exact) mass is 196 g/mol. The number of amides is 4. The van der Waals surface area contributed by atoms with Crippen molar-refractivity contribution in [3.05, 3.63) is 0 Å². The molecule has 0 bridgehead atoms. The molecule has 0 aromatic heterocycles. The second kappa shape index (κ2) is 4.08. The topological polar surface area (TPSA) is 99.5 Å². The Labute approximate surface area is 77.5 Å². The third-order valence-electron chi connectivity index (χ3n) is 1.48. The van der Waals surface area contributed by atoms with Gasteiger partial charge < -0.3 is 0 Å². The molecule has 1 rings (SSSR count). The minimum absolute atomic E-state index is 0.359. The Balaban J connectivity index is 2.56. The van der Waals surface area contributed by atoms with Crippen LogP contribution in [-0.4, -0.2) is 47.4 Å². The lowest BCUT2D eigenvalue weighted by Gasteiger charge is -2.35. The normalized spacial score (nSPS) is 14.3. The first-order valence-electron chi connectivity index (χ1n) is 3.42. The van der Waals surface area contributed by atoms with Crippen molar-refractivity contribution in [1.29, 1.82) is 0 Å². The molecular formula is C6H4N4O4. The SMILES string of the molecule is O=C=NCN1C(=O)N(CN=C=O)C1=O. The van der Waals surface area contributed by atoms with Gasteiger partial charge in [-0.1, -0.05) is 0 Å². The van der Waals surface area contributed by atoms with E-state index in [0.29, 0.717) is 9.80 Å². The van der Waals surface area contributed by atoms with Gasteiger partial charge in [-0.25, -0.2) is 29.0 Å². The molecule has 4 amide bonds. The number of hydrogen-bond donors (Lipinski definition) is 0. The summed E-state index contributed by atoms with van der Waals surface area (Å²) in [7, 11) is 0. The maximum absolute atomic E-state index is 11.0. The van der Waals surface area contributed by atoms with Gasteiger partial charge >= 0.3 is 12.1 Å². The molecule has 1 heterocycles. The van der Waals surface area contributed by atoms with Crippen LogP contribution in [0, 0.1) is 0 Å². The van der Waals surface area contributed by atoms with Gasteiger partial charge in [-0.05, 0) is 0 Å². The summed E-state index contributed by atoms with van der Waals surface area (Å²) >= 11 is 0. The van der Waals surface area contributed by atoms with E-state index in [9.17, 15) is 19.2 Å². The van der Waals surface area contributed by atoms with Gasteiger partial charge in [0.2, 0.25) is 12.2 Å². The van der Waals surface area contributed by atoms with Gasteiger partial charge in [0.25, 0.3) is 0 Å². The number of aliphatic imine (C=N–C) groups is 2. The van der Waals surface area contributed by atoms with Gasteiger partial charge in [0.05, 0.1) is 0 Å². The number of urea groups is 2. The van der Waals surface area contributed by atoms with Crippen LogP contribution < -0.4 is 0 Å². The zero-order valence-corrected chi connectivity index (χ0v) is 6.84. The van der Waals surface area contributed by atoms with Crippen LogP contribution in [-0.2, 0) is 9.59 Å². The Kier molecular flexibility index (Phi) is 2.85. The lowest BCUT2D eigenvalue weighted by Crippen LogP contribution is -2.63. The molecule has 8 heteroatoms. The molecule has 0 radical (unpaired) electrons. The Morgan fingerprint density at radius 1 is 0.929 bits per heavy atom. The first kappa shape index (κ1) is 9.79. The number of nitrogens with zero attached hydrogens (tertiary/aromatic N) is 4. The van der Waals surface area contributed by atoms with E-state index >= 15 is 0 Å². The third-order valence-corrected chi connectivity index (χ3v) is 1.48. The average molecular weight is 196 g/mol. The molecule has 0 aromatic rings. The molecule has 1 aliphatic rings. The third kappa shape index (κ3) is 1.56. The van der Waals surface area contributed by atoms with Crippen molar-refractivity contribution in [3.8, 4) is 0 Å². The van der Waals surface area contributed by atoms with E-state index in [4.69, 9.17) is 0 Å². The number of carbonyl (C=O) groups excluding carboxylic acids is 4. The van der Waals surface area contributed by atoms with Gasteiger partial charge in [-0.15, -0.1) is 0 Å². The molecule has 0 unspecified atom stereocenters. The van der Waals surface area contributed by atoms with Crippen LogP contribution in [0.1, 0.15) is 0 Å². The number of imide groups is 2. The first-order valence-corrected chi connectivity index (χ1v) is 3.42. The maximum Gasteiger partial charge on any atom is 0.339 e. The van der Waals surface area contributed by atoms with Crippen LogP contribution >= 0.6 is 0 Å². The summed E-state index contributed by atoms with van der Waals surface area (Å²) in [4.78, 5) is 49.0. The summed E-state index contributed by atoms with van der Waals surface area (Å²) in [5.41, 5.74) is 0. The van der Waals surface area contributed by atoms with Gasteiger partial charge in [-0.2, -0.15) is 9.98 Å². The van der Waals surface area contributed by atoms with Crippen molar-refractivity contribution in [3.63, 3.8) is 0 Å². The molecule has 0 aromatic carbocycles. The standard InChI is InChI=1S/C6H4N4O4/c11-3-7-1-9-5(13)10(6(9)14)2-8-4-12/h1-2H2. The van der Waals surface area contributed by atoms with Crippen LogP contribution in [0.25, 0.3) is 0 Å². The van der Waals surface area contributed by atoms with Crippen molar-refractivity contribution in [1.82, 2.24) is 9.80 Å². The first-order chi connectivity index (χ1) is 6.72. The van der Waals surface area contributed by atoms with E-state index in [0.717, 1.165) is 0 Å². The van der Waals surface area contributed by atoms with Crippen molar-refractivity contribution < 1.29 is 19.2 Å². The second-order valence-corrected chi connectivity index (χ2v) is 2.20. The number of isocyanates is 2. The Morgan fingerprint density at radius 2 is 1.29 bits per heavy atom. The molecule has 0 saturated carbocycles. The Morgan fingerprint density at radius 3 is 1.57 bits per heavy atom. The molecule has 1 saturated heterocycles. The minimum atomic E-state index is -0.659. The average Bonchev–Trinajstić information content (AvgIpc) is 2.19. The summed E-state index contributed by atoms with van der Waals surface area (Å²) in [6.07, 6.45) is 2.38. The molecule has 14 heavy (non-hydrogen) atoms. The van der Waals surface area contributed by atoms with Crippen molar-refractivity contribution in [2.24, 2.45) is 9.98 Å². The Bertz CT molecular complexity index is 318. The highest BCUT2D eigenvalue weighted by Crippen LogP contribution is 2.14. The summed E-state index contributed by atoms with van der Waals surface area (Å²) in [5.74, 6) is 0. The molecule has 72 valence electrons. The lowest BCUT2D eigenvalue weighted by atomic mass is 10.5. The fourth-order valence-electron chi connectivity index (χ4n) is 0.851. The zero-order valence-electron chi connectivity index (χ0n) is 6.84. The van der Waals surface area contributed by atoms with Crippen LogP contribution in [0.5, 0.6) is 0 Å². The smallest absolute Gasteiger partial charge is 0.247 e. The molecule has 8 nitrogen and oxygen atoms in total. The van der Waals surface area contributed by atoms with Gasteiger partial charge in [-0.3, -0.25) is 0 Å². The number of rotatable bonds is 4. The Hall–Kier alpha value is -2.30. The van der Waals surface area contributed by atoms with Crippen molar-refractivity contribution >= 4 is 24.2 Å². The summed E-state index contributed by atoms with van der Waals surface area (Å²) in [5, 5.41) is 0. The highest BCUT2D eigenvalue weighted by Gasteiger charge is 2.43. The quantitative estimate of drug-likeness (QED) is 0.444. The number of hydrogen-bond acceptors (Lipinski definition) is 6. The maximum atomic E-state index is 11.0. The van der Waals surface area contributed by atoms with Crippen LogP contribution in [0.2, 0.25) is 0 Å². The van der Waals surface area contributed by atoms with E-state index in [1.807, 2.05) is 0 Å². The van der Waals surface area contributed by atoms with Gasteiger partial charge in [0.15, 0.2) is 0 Å². The van der Waals surface area contributed by atoms with Gasteiger partial charge in [0, 0.05) is 0 Å². The summed E-state index contributed by atoms with van der Waals surface area (Å²) < 4.78 is 0. The molecule has 0 atom stereocenters. The minimum Gasteiger partial charge on any atom is -0.247 e. The fraction of sp³-hybridized carbons (Fsp3) is 0.333. The zero-order chi connectivity index (χ0) is 10.6. The summed E-state index contributed by atoms with van der Waals surface area (Å²) in [6, 6.07) is -1.32. The molecule has 1 fully saturated rings. The predicted molar refractivity (Wildman–Crippen MR) is 40.4 cm³/mol. The molecular weight excluding hydrogens is 192 g/mol. The predicted octanol–water partition coefficient (Wildman–Crippen LogP) is -0.569. The number of carbonyl (C=O) groups is 2. The van der Waals surface area contributed by atoms with Crippen LogP contribution in [0.15, 0.2) is 9.98 Å². The van der Waals surface area contributed by atoms with E-state index in [1.165, 1.54) is 12.2 Å². The van der Waals surface area contributed by atoms with Crippen molar-refractivity contribution in [2.75, 3.05) is 13.3 Å². The summed E-state index contributed by atoms with van der Waals surface area (Å²) in [6.45, 7) is -0.717. The largest absolute Gasteiger partial charge is 0.339 e. The van der Waals surface area contributed by atoms with E-state index in [-0.39, 0.29) is 13.3 Å². The molecule has 1 aliphatic heterocycles. The molecule has 0 N–H and O–H groups in total. The fourth-order valence-corrected chi connectivity index (χ4v) is 0.851. The molecule has 0 spiro atoms. The van der Waals surface area contributed by atoms with Crippen LogP contribution in [0.3, 0.4) is 0 Å². The van der Waals surface area contributed by atoms with Crippen molar-refractivity contribution in [2.45, 2.75) is 0 Å². The van der Waals surface area contributed by atoms with Gasteiger partial charge in [0.1, 0.15) is 13.3 Å². The van der Waals surface area contributed by atoms with Crippen LogP contribution in [0.4, 0.5) is 9.59 Å². The molecule has 0 aliphatic carbocycles. The lowest BCUT2D eigenvalue weighted by molar-refractivity contribution is 0.108. The highest BCUT2D eigenvalue weighted by atomic mass is 16.2. The van der Waals surface area contributed by atoms with E-state index in [2.05, 4.69) is 9.98 Å².